The first kappa shape index (κ1) is 17.9. The van der Waals surface area contributed by atoms with Crippen LogP contribution in [0.15, 0.2) is 60.7 Å². The number of amides is 1. The number of hydrogen-bond donors (Lipinski definition) is 1. The Labute approximate surface area is 164 Å². The molecule has 0 atom stereocenters. The van der Waals surface area contributed by atoms with Crippen LogP contribution in [0.1, 0.15) is 32.6 Å². The molecule has 5 nitrogen and oxygen atoms in total. The first-order chi connectivity index (χ1) is 13.5. The van der Waals surface area contributed by atoms with Crippen molar-refractivity contribution in [1.82, 2.24) is 15.0 Å². The van der Waals surface area contributed by atoms with Crippen LogP contribution in [0.4, 0.5) is 5.69 Å². The van der Waals surface area contributed by atoms with Gasteiger partial charge in [0.1, 0.15) is 5.52 Å². The molecule has 28 heavy (non-hydrogen) atoms. The van der Waals surface area contributed by atoms with Crippen LogP contribution in [0.5, 0.6) is 0 Å². The van der Waals surface area contributed by atoms with Gasteiger partial charge >= 0.3 is 0 Å². The molecule has 0 radical (unpaired) electrons. The van der Waals surface area contributed by atoms with Crippen molar-refractivity contribution in [1.29, 1.82) is 0 Å². The van der Waals surface area contributed by atoms with E-state index in [9.17, 15) is 4.79 Å². The predicted octanol–water partition coefficient (Wildman–Crippen LogP) is 4.66. The monoisotopic (exact) mass is 370 g/mol. The molecule has 0 spiro atoms. The number of aryl methyl sites for hydroxylation is 3. The Kier molecular flexibility index (Phi) is 4.65. The van der Waals surface area contributed by atoms with E-state index in [1.54, 1.807) is 6.07 Å². The van der Waals surface area contributed by atoms with Crippen LogP contribution >= 0.6 is 0 Å². The van der Waals surface area contributed by atoms with Gasteiger partial charge in [-0.1, -0.05) is 47.2 Å². The molecule has 0 aliphatic rings. The van der Waals surface area contributed by atoms with E-state index in [-0.39, 0.29) is 5.91 Å². The summed E-state index contributed by atoms with van der Waals surface area (Å²) in [5, 5.41) is 11.5. The molecule has 4 aromatic rings. The van der Waals surface area contributed by atoms with E-state index in [1.807, 2.05) is 48.9 Å². The van der Waals surface area contributed by atoms with Crippen molar-refractivity contribution >= 4 is 22.6 Å². The highest BCUT2D eigenvalue weighted by Crippen LogP contribution is 2.19. The average molecular weight is 370 g/mol. The third-order valence-electron chi connectivity index (χ3n) is 4.87. The number of nitrogens with one attached hydrogen (secondary N) is 1. The molecule has 0 bridgehead atoms. The summed E-state index contributed by atoms with van der Waals surface area (Å²) in [4.78, 5) is 12.7. The van der Waals surface area contributed by atoms with Gasteiger partial charge in [0.2, 0.25) is 0 Å². The van der Waals surface area contributed by atoms with Gasteiger partial charge in [-0.2, -0.15) is 0 Å². The third-order valence-corrected chi connectivity index (χ3v) is 4.87. The van der Waals surface area contributed by atoms with Crippen LogP contribution < -0.4 is 5.32 Å². The highest BCUT2D eigenvalue weighted by Gasteiger charge is 2.12. The molecule has 1 N–H and O–H groups in total. The lowest BCUT2D eigenvalue weighted by atomic mass is 10.1. The van der Waals surface area contributed by atoms with Crippen molar-refractivity contribution < 1.29 is 4.79 Å². The molecule has 5 heteroatoms. The van der Waals surface area contributed by atoms with Crippen LogP contribution in [-0.4, -0.2) is 20.9 Å². The number of fused-ring (bicyclic) bond motifs is 1. The standard InChI is InChI=1S/C23H22N4O/c1-15-5-8-18(9-6-15)14-27-22-11-10-19(13-21(22)25-26-27)23(28)24-20-12-16(2)4-7-17(20)3/h4-13H,14H2,1-3H3,(H,24,28). The van der Waals surface area contributed by atoms with Gasteiger partial charge in [-0.15, -0.1) is 5.10 Å². The summed E-state index contributed by atoms with van der Waals surface area (Å²) in [5.41, 5.74) is 7.54. The number of carbonyl (C=O) groups is 1. The van der Waals surface area contributed by atoms with Gasteiger partial charge in [-0.25, -0.2) is 4.68 Å². The van der Waals surface area contributed by atoms with Crippen LogP contribution in [-0.2, 0) is 6.54 Å². The fourth-order valence-electron chi connectivity index (χ4n) is 3.16. The van der Waals surface area contributed by atoms with E-state index in [4.69, 9.17) is 0 Å². The van der Waals surface area contributed by atoms with Gasteiger partial charge in [-0.05, 0) is 61.7 Å². The molecule has 0 saturated carbocycles. The summed E-state index contributed by atoms with van der Waals surface area (Å²) in [6, 6.07) is 19.9. The number of aromatic nitrogens is 3. The van der Waals surface area contributed by atoms with Gasteiger partial charge in [-0.3, -0.25) is 4.79 Å². The quantitative estimate of drug-likeness (QED) is 0.568. The molecular weight excluding hydrogens is 348 g/mol. The third kappa shape index (κ3) is 3.64. The Morgan fingerprint density at radius 1 is 0.929 bits per heavy atom. The minimum atomic E-state index is -0.149. The second-order valence-corrected chi connectivity index (χ2v) is 7.21. The first-order valence-electron chi connectivity index (χ1n) is 9.27. The Hall–Kier alpha value is -3.47. The van der Waals surface area contributed by atoms with Crippen LogP contribution in [0.2, 0.25) is 0 Å². The number of hydrogen-bond acceptors (Lipinski definition) is 3. The largest absolute Gasteiger partial charge is 0.322 e. The zero-order chi connectivity index (χ0) is 19.7. The van der Waals surface area contributed by atoms with Crippen molar-refractivity contribution in [2.24, 2.45) is 0 Å². The summed E-state index contributed by atoms with van der Waals surface area (Å²) in [6.07, 6.45) is 0. The second-order valence-electron chi connectivity index (χ2n) is 7.21. The summed E-state index contributed by atoms with van der Waals surface area (Å²) in [6.45, 7) is 6.70. The fourth-order valence-corrected chi connectivity index (χ4v) is 3.16. The fraction of sp³-hybridized carbons (Fsp3) is 0.174. The van der Waals surface area contributed by atoms with E-state index in [0.29, 0.717) is 17.6 Å². The maximum absolute atomic E-state index is 12.7. The van der Waals surface area contributed by atoms with E-state index >= 15 is 0 Å². The lowest BCUT2D eigenvalue weighted by Gasteiger charge is -2.09. The smallest absolute Gasteiger partial charge is 0.255 e. The molecule has 3 aromatic carbocycles. The zero-order valence-corrected chi connectivity index (χ0v) is 16.2. The summed E-state index contributed by atoms with van der Waals surface area (Å²) in [5.74, 6) is -0.149. The maximum Gasteiger partial charge on any atom is 0.255 e. The van der Waals surface area contributed by atoms with E-state index in [2.05, 4.69) is 46.8 Å². The maximum atomic E-state index is 12.7. The molecule has 0 saturated heterocycles. The minimum Gasteiger partial charge on any atom is -0.322 e. The van der Waals surface area contributed by atoms with E-state index in [1.165, 1.54) is 5.56 Å². The number of nitrogens with zero attached hydrogens (tertiary/aromatic N) is 3. The number of carbonyl (C=O) groups excluding carboxylic acids is 1. The lowest BCUT2D eigenvalue weighted by Crippen LogP contribution is -2.13. The van der Waals surface area contributed by atoms with E-state index in [0.717, 1.165) is 27.9 Å². The highest BCUT2D eigenvalue weighted by atomic mass is 16.1. The van der Waals surface area contributed by atoms with Gasteiger partial charge in [0.05, 0.1) is 12.1 Å². The Balaban J connectivity index is 1.57. The molecule has 0 aliphatic carbocycles. The zero-order valence-electron chi connectivity index (χ0n) is 16.2. The van der Waals surface area contributed by atoms with Crippen molar-refractivity contribution in [3.05, 3.63) is 88.5 Å². The van der Waals surface area contributed by atoms with Crippen molar-refractivity contribution in [3.8, 4) is 0 Å². The van der Waals surface area contributed by atoms with Gasteiger partial charge in [0, 0.05) is 11.3 Å². The molecule has 1 aromatic heterocycles. The van der Waals surface area contributed by atoms with Gasteiger partial charge < -0.3 is 5.32 Å². The minimum absolute atomic E-state index is 0.149. The number of benzene rings is 3. The Bertz CT molecular complexity index is 1160. The predicted molar refractivity (Wildman–Crippen MR) is 112 cm³/mol. The molecule has 0 aliphatic heterocycles. The number of rotatable bonds is 4. The molecule has 0 unspecified atom stereocenters. The summed E-state index contributed by atoms with van der Waals surface area (Å²) < 4.78 is 1.85. The normalized spacial score (nSPS) is 11.0. The van der Waals surface area contributed by atoms with Crippen molar-refractivity contribution in [2.45, 2.75) is 27.3 Å². The van der Waals surface area contributed by atoms with Crippen LogP contribution in [0.3, 0.4) is 0 Å². The Morgan fingerprint density at radius 3 is 2.46 bits per heavy atom. The SMILES string of the molecule is Cc1ccc(Cn2nnc3cc(C(=O)Nc4cc(C)ccc4C)ccc32)cc1. The molecular formula is C23H22N4O. The Morgan fingerprint density at radius 2 is 1.68 bits per heavy atom. The average Bonchev–Trinajstić information content (AvgIpc) is 3.08. The summed E-state index contributed by atoms with van der Waals surface area (Å²) in [7, 11) is 0. The van der Waals surface area contributed by atoms with Crippen LogP contribution in [0.25, 0.3) is 11.0 Å². The molecule has 4 rings (SSSR count). The van der Waals surface area contributed by atoms with Crippen molar-refractivity contribution in [2.75, 3.05) is 5.32 Å². The molecule has 1 amide bonds. The van der Waals surface area contributed by atoms with Crippen molar-refractivity contribution in [3.63, 3.8) is 0 Å². The van der Waals surface area contributed by atoms with Gasteiger partial charge in [0.15, 0.2) is 0 Å². The highest BCUT2D eigenvalue weighted by molar-refractivity contribution is 6.06. The van der Waals surface area contributed by atoms with Crippen LogP contribution in [0, 0.1) is 20.8 Å². The molecule has 0 fully saturated rings. The summed E-state index contributed by atoms with van der Waals surface area (Å²) >= 11 is 0. The first-order valence-corrected chi connectivity index (χ1v) is 9.27. The molecule has 140 valence electrons. The second kappa shape index (κ2) is 7.27. The molecule has 1 heterocycles. The van der Waals surface area contributed by atoms with Gasteiger partial charge in [0.25, 0.3) is 5.91 Å². The number of anilines is 1. The lowest BCUT2D eigenvalue weighted by molar-refractivity contribution is 0.102. The van der Waals surface area contributed by atoms with E-state index < -0.39 is 0 Å². The topological polar surface area (TPSA) is 59.8 Å².